The molecule has 1 aliphatic heterocycles. The topological polar surface area (TPSA) is 104 Å². The van der Waals surface area contributed by atoms with Gasteiger partial charge >= 0.3 is 0 Å². The maximum absolute atomic E-state index is 13.8. The van der Waals surface area contributed by atoms with Gasteiger partial charge in [-0.25, -0.2) is 8.78 Å². The van der Waals surface area contributed by atoms with Gasteiger partial charge in [0.2, 0.25) is 11.0 Å². The van der Waals surface area contributed by atoms with Crippen LogP contribution in [0, 0.1) is 11.6 Å². The molecule has 8 nitrogen and oxygen atoms in total. The first kappa shape index (κ1) is 24.8. The summed E-state index contributed by atoms with van der Waals surface area (Å²) in [6.07, 6.45) is 1.34. The lowest BCUT2D eigenvalue weighted by atomic mass is 10.2. The van der Waals surface area contributed by atoms with Gasteiger partial charge < -0.3 is 10.6 Å². The van der Waals surface area contributed by atoms with Crippen molar-refractivity contribution in [2.75, 3.05) is 24.2 Å². The standard InChI is InChI=1S/C22H17F2N5O3S3/c23-14-6-2-1-5-13(14)11-17-19(31)29(22(32)34-17)10-9-25-18(30)12-33-21-28-27-20(35-21)26-16-8-4-3-7-15(16)24/h1-8,11H,9-10,12H2,(H,25,30)(H,26,27). The second-order valence-corrected chi connectivity index (χ2v) is 10.2. The molecule has 13 heteroatoms. The molecule has 0 bridgehead atoms. The Balaban J connectivity index is 1.22. The van der Waals surface area contributed by atoms with Gasteiger partial charge in [0.05, 0.1) is 16.3 Å². The number of benzene rings is 2. The smallest absolute Gasteiger partial charge is 0.293 e. The highest BCUT2D eigenvalue weighted by molar-refractivity contribution is 8.18. The lowest BCUT2D eigenvalue weighted by molar-refractivity contribution is -0.123. The molecule has 0 aliphatic carbocycles. The zero-order chi connectivity index (χ0) is 24.8. The molecule has 1 saturated heterocycles. The van der Waals surface area contributed by atoms with Crippen LogP contribution in [0.2, 0.25) is 0 Å². The summed E-state index contributed by atoms with van der Waals surface area (Å²) >= 11 is 3.06. The van der Waals surface area contributed by atoms with Crippen LogP contribution in [0.3, 0.4) is 0 Å². The number of carbonyl (C=O) groups excluding carboxylic acids is 3. The molecule has 0 spiro atoms. The fourth-order valence-corrected chi connectivity index (χ4v) is 5.36. The molecule has 0 saturated carbocycles. The highest BCUT2D eigenvalue weighted by atomic mass is 32.2. The predicted octanol–water partition coefficient (Wildman–Crippen LogP) is 4.50. The second-order valence-electron chi connectivity index (χ2n) is 6.97. The summed E-state index contributed by atoms with van der Waals surface area (Å²) in [5, 5.41) is 13.3. The second kappa shape index (κ2) is 11.4. The van der Waals surface area contributed by atoms with E-state index in [1.165, 1.54) is 41.7 Å². The Kier molecular flexibility index (Phi) is 8.10. The van der Waals surface area contributed by atoms with E-state index in [2.05, 4.69) is 20.8 Å². The summed E-state index contributed by atoms with van der Waals surface area (Å²) in [5.74, 6) is -1.71. The number of rotatable bonds is 9. The van der Waals surface area contributed by atoms with Gasteiger partial charge in [-0.2, -0.15) is 0 Å². The Morgan fingerprint density at radius 2 is 1.80 bits per heavy atom. The van der Waals surface area contributed by atoms with Crippen molar-refractivity contribution in [1.82, 2.24) is 20.4 Å². The maximum Gasteiger partial charge on any atom is 0.293 e. The number of aromatic nitrogens is 2. The highest BCUT2D eigenvalue weighted by Gasteiger charge is 2.34. The zero-order valence-corrected chi connectivity index (χ0v) is 20.3. The summed E-state index contributed by atoms with van der Waals surface area (Å²) in [4.78, 5) is 38.0. The van der Waals surface area contributed by atoms with Crippen LogP contribution in [-0.2, 0) is 9.59 Å². The first-order valence-corrected chi connectivity index (χ1v) is 12.8. The van der Waals surface area contributed by atoms with Crippen LogP contribution in [0.25, 0.3) is 6.08 Å². The van der Waals surface area contributed by atoms with Crippen molar-refractivity contribution in [2.45, 2.75) is 4.34 Å². The minimum absolute atomic E-state index is 0.00873. The number of nitrogens with one attached hydrogen (secondary N) is 2. The Labute approximate surface area is 211 Å². The van der Waals surface area contributed by atoms with Crippen LogP contribution >= 0.6 is 34.9 Å². The van der Waals surface area contributed by atoms with Crippen LogP contribution in [0.15, 0.2) is 57.8 Å². The molecule has 180 valence electrons. The summed E-state index contributed by atoms with van der Waals surface area (Å²) in [5.41, 5.74) is 0.487. The molecule has 35 heavy (non-hydrogen) atoms. The average molecular weight is 534 g/mol. The van der Waals surface area contributed by atoms with Crippen LogP contribution in [0.5, 0.6) is 0 Å². The highest BCUT2D eigenvalue weighted by Crippen LogP contribution is 2.32. The van der Waals surface area contributed by atoms with Crippen molar-refractivity contribution in [2.24, 2.45) is 0 Å². The van der Waals surface area contributed by atoms with E-state index >= 15 is 0 Å². The number of thioether (sulfide) groups is 2. The number of hydrogen-bond acceptors (Lipinski definition) is 9. The van der Waals surface area contributed by atoms with E-state index in [1.54, 1.807) is 24.3 Å². The predicted molar refractivity (Wildman–Crippen MR) is 132 cm³/mol. The fraction of sp³-hybridized carbons (Fsp3) is 0.136. The fourth-order valence-electron chi connectivity index (χ4n) is 2.91. The van der Waals surface area contributed by atoms with Crippen molar-refractivity contribution in [3.8, 4) is 0 Å². The quantitative estimate of drug-likeness (QED) is 0.306. The number of halogens is 2. The summed E-state index contributed by atoms with van der Waals surface area (Å²) in [7, 11) is 0. The lowest BCUT2D eigenvalue weighted by Crippen LogP contribution is -2.37. The largest absolute Gasteiger partial charge is 0.354 e. The molecule has 4 rings (SSSR count). The van der Waals surface area contributed by atoms with Gasteiger partial charge in [-0.15, -0.1) is 10.2 Å². The molecule has 3 aromatic rings. The molecule has 0 atom stereocenters. The van der Waals surface area contributed by atoms with Crippen molar-refractivity contribution in [3.05, 3.63) is 70.6 Å². The first-order valence-electron chi connectivity index (χ1n) is 10.1. The number of nitrogens with zero attached hydrogens (tertiary/aromatic N) is 3. The molecule has 2 heterocycles. The minimum Gasteiger partial charge on any atom is -0.354 e. The Morgan fingerprint density at radius 1 is 1.06 bits per heavy atom. The van der Waals surface area contributed by atoms with Gasteiger partial charge in [-0.05, 0) is 36.0 Å². The molecular weight excluding hydrogens is 516 g/mol. The van der Waals surface area contributed by atoms with Gasteiger partial charge in [0.25, 0.3) is 11.1 Å². The van der Waals surface area contributed by atoms with Gasteiger partial charge in [-0.3, -0.25) is 19.3 Å². The molecule has 3 amide bonds. The van der Waals surface area contributed by atoms with Crippen molar-refractivity contribution in [1.29, 1.82) is 0 Å². The Morgan fingerprint density at radius 3 is 2.57 bits per heavy atom. The van der Waals surface area contributed by atoms with E-state index in [-0.39, 0.29) is 40.9 Å². The maximum atomic E-state index is 13.8. The van der Waals surface area contributed by atoms with Gasteiger partial charge in [0.15, 0.2) is 4.34 Å². The molecular formula is C22H17F2N5O3S3. The number of anilines is 2. The molecule has 2 N–H and O–H groups in total. The van der Waals surface area contributed by atoms with E-state index in [4.69, 9.17) is 0 Å². The number of hydrogen-bond donors (Lipinski definition) is 2. The molecule has 0 radical (unpaired) electrons. The lowest BCUT2D eigenvalue weighted by Gasteiger charge is -2.12. The Hall–Kier alpha value is -3.29. The van der Waals surface area contributed by atoms with Crippen LogP contribution in [0.4, 0.5) is 24.4 Å². The SMILES string of the molecule is O=C(CSc1nnc(Nc2ccccc2F)s1)NCCN1C(=O)SC(=Cc2ccccc2F)C1=O. The zero-order valence-electron chi connectivity index (χ0n) is 17.9. The first-order chi connectivity index (χ1) is 16.9. The van der Waals surface area contributed by atoms with Gasteiger partial charge in [-0.1, -0.05) is 53.4 Å². The van der Waals surface area contributed by atoms with E-state index in [1.807, 2.05) is 0 Å². The Bertz CT molecular complexity index is 1300. The van der Waals surface area contributed by atoms with E-state index in [9.17, 15) is 23.2 Å². The number of imide groups is 1. The van der Waals surface area contributed by atoms with Crippen LogP contribution in [-0.4, -0.2) is 51.0 Å². The molecule has 1 aliphatic rings. The summed E-state index contributed by atoms with van der Waals surface area (Å²) < 4.78 is 28.1. The third-order valence-electron chi connectivity index (χ3n) is 4.57. The summed E-state index contributed by atoms with van der Waals surface area (Å²) in [6, 6.07) is 12.1. The monoisotopic (exact) mass is 533 g/mol. The number of para-hydroxylation sites is 1. The third kappa shape index (κ3) is 6.44. The normalized spacial score (nSPS) is 14.6. The third-order valence-corrected chi connectivity index (χ3v) is 7.45. The van der Waals surface area contributed by atoms with Crippen molar-refractivity contribution >= 4 is 68.8 Å². The van der Waals surface area contributed by atoms with Gasteiger partial charge in [0, 0.05) is 18.7 Å². The van der Waals surface area contributed by atoms with E-state index in [0.717, 1.165) is 28.4 Å². The van der Waals surface area contributed by atoms with E-state index in [0.29, 0.717) is 9.47 Å². The minimum atomic E-state index is -0.532. The molecule has 1 fully saturated rings. The van der Waals surface area contributed by atoms with Crippen LogP contribution < -0.4 is 10.6 Å². The van der Waals surface area contributed by atoms with E-state index < -0.39 is 22.8 Å². The van der Waals surface area contributed by atoms with Crippen molar-refractivity contribution in [3.63, 3.8) is 0 Å². The molecule has 1 aromatic heterocycles. The van der Waals surface area contributed by atoms with Gasteiger partial charge in [0.1, 0.15) is 11.6 Å². The number of carbonyl (C=O) groups is 3. The molecule has 0 unspecified atom stereocenters. The molecule has 2 aromatic carbocycles. The summed E-state index contributed by atoms with van der Waals surface area (Å²) in [6.45, 7) is 0.0613. The average Bonchev–Trinajstić information content (AvgIpc) is 3.40. The van der Waals surface area contributed by atoms with Crippen LogP contribution in [0.1, 0.15) is 5.56 Å². The number of amides is 3. The van der Waals surface area contributed by atoms with Crippen molar-refractivity contribution < 1.29 is 23.2 Å².